The van der Waals surface area contributed by atoms with Gasteiger partial charge in [-0.05, 0) is 6.92 Å². The van der Waals surface area contributed by atoms with E-state index >= 15 is 0 Å². The number of anilines is 1. The Balaban J connectivity index is 1.88. The highest BCUT2D eigenvalue weighted by molar-refractivity contribution is 5.74. The largest absolute Gasteiger partial charge is 0.351 e. The van der Waals surface area contributed by atoms with Crippen LogP contribution in [-0.4, -0.2) is 51.4 Å². The number of carbonyl (C=O) groups excluding carboxylic acids is 1. The third kappa shape index (κ3) is 2.03. The Hall–Kier alpha value is -2.11. The van der Waals surface area contributed by atoms with Crippen LogP contribution in [0, 0.1) is 6.92 Å². The molecule has 0 N–H and O–H groups in total. The third-order valence-electron chi connectivity index (χ3n) is 3.65. The van der Waals surface area contributed by atoms with Gasteiger partial charge >= 0.3 is 0 Å². The monoisotopic (exact) mass is 259 g/mol. The normalized spacial score (nSPS) is 16.1. The van der Waals surface area contributed by atoms with Crippen LogP contribution in [-0.2, 0) is 4.79 Å². The second-order valence-corrected chi connectivity index (χ2v) is 4.80. The van der Waals surface area contributed by atoms with E-state index in [9.17, 15) is 4.79 Å². The minimum absolute atomic E-state index is 0.144. The van der Waals surface area contributed by atoms with Gasteiger partial charge in [-0.25, -0.2) is 9.97 Å². The fraction of sp³-hybridized carbons (Fsp3) is 0.462. The van der Waals surface area contributed by atoms with Crippen LogP contribution >= 0.6 is 0 Å². The Labute approximate surface area is 111 Å². The predicted molar refractivity (Wildman–Crippen MR) is 72.2 cm³/mol. The summed E-state index contributed by atoms with van der Waals surface area (Å²) in [6, 6.07) is 0. The van der Waals surface area contributed by atoms with Crippen LogP contribution in [0.1, 0.15) is 12.7 Å². The van der Waals surface area contributed by atoms with E-state index in [0.29, 0.717) is 0 Å². The van der Waals surface area contributed by atoms with Gasteiger partial charge in [0.05, 0.1) is 6.20 Å². The molecule has 6 nitrogen and oxygen atoms in total. The zero-order valence-corrected chi connectivity index (χ0v) is 11.2. The highest BCUT2D eigenvalue weighted by Crippen LogP contribution is 2.20. The maximum atomic E-state index is 11.3. The first-order valence-electron chi connectivity index (χ1n) is 6.46. The number of piperazine rings is 1. The second kappa shape index (κ2) is 4.53. The number of imidazole rings is 1. The van der Waals surface area contributed by atoms with E-state index in [1.165, 1.54) is 0 Å². The standard InChI is InChI=1S/C13H17N5O/c1-10-15-9-12-13(14-3-4-18(10)12)17-7-5-16(6-8-17)11(2)19/h3-4,9H,5-8H2,1-2H3. The summed E-state index contributed by atoms with van der Waals surface area (Å²) >= 11 is 0. The zero-order valence-electron chi connectivity index (χ0n) is 11.2. The lowest BCUT2D eigenvalue weighted by atomic mass is 10.3. The molecule has 1 fully saturated rings. The molecule has 0 radical (unpaired) electrons. The van der Waals surface area contributed by atoms with Crippen LogP contribution in [0.5, 0.6) is 0 Å². The molecule has 2 aromatic heterocycles. The van der Waals surface area contributed by atoms with E-state index in [2.05, 4.69) is 14.9 Å². The van der Waals surface area contributed by atoms with Crippen molar-refractivity contribution in [2.75, 3.05) is 31.1 Å². The number of aryl methyl sites for hydroxylation is 1. The zero-order chi connectivity index (χ0) is 13.4. The van der Waals surface area contributed by atoms with Gasteiger partial charge in [-0.2, -0.15) is 0 Å². The van der Waals surface area contributed by atoms with Gasteiger partial charge in [0.2, 0.25) is 5.91 Å². The van der Waals surface area contributed by atoms with Crippen molar-refractivity contribution in [1.29, 1.82) is 0 Å². The molecular weight excluding hydrogens is 242 g/mol. The van der Waals surface area contributed by atoms with E-state index in [0.717, 1.165) is 43.3 Å². The summed E-state index contributed by atoms with van der Waals surface area (Å²) in [6.07, 6.45) is 5.58. The number of aromatic nitrogens is 3. The molecule has 1 saturated heterocycles. The van der Waals surface area contributed by atoms with Crippen LogP contribution in [0.3, 0.4) is 0 Å². The first-order valence-corrected chi connectivity index (χ1v) is 6.46. The Kier molecular flexibility index (Phi) is 2.85. The Bertz CT molecular complexity index is 613. The molecule has 1 aliphatic rings. The lowest BCUT2D eigenvalue weighted by Crippen LogP contribution is -2.48. The van der Waals surface area contributed by atoms with Gasteiger partial charge < -0.3 is 9.80 Å². The molecule has 100 valence electrons. The molecule has 0 atom stereocenters. The molecule has 0 spiro atoms. The maximum absolute atomic E-state index is 11.3. The van der Waals surface area contributed by atoms with Crippen LogP contribution in [0.25, 0.3) is 5.52 Å². The van der Waals surface area contributed by atoms with Crippen LogP contribution in [0.15, 0.2) is 18.6 Å². The number of hydrogen-bond donors (Lipinski definition) is 0. The van der Waals surface area contributed by atoms with Crippen LogP contribution < -0.4 is 4.90 Å². The van der Waals surface area contributed by atoms with E-state index in [-0.39, 0.29) is 5.91 Å². The highest BCUT2D eigenvalue weighted by atomic mass is 16.2. The predicted octanol–water partition coefficient (Wildman–Crippen LogP) is 0.706. The number of nitrogens with zero attached hydrogens (tertiary/aromatic N) is 5. The Morgan fingerprint density at radius 1 is 1.21 bits per heavy atom. The average Bonchev–Trinajstić information content (AvgIpc) is 2.81. The van der Waals surface area contributed by atoms with E-state index in [4.69, 9.17) is 0 Å². The summed E-state index contributed by atoms with van der Waals surface area (Å²) in [5.74, 6) is 2.05. The first kappa shape index (κ1) is 12.0. The fourth-order valence-corrected chi connectivity index (χ4v) is 2.52. The summed E-state index contributed by atoms with van der Waals surface area (Å²) in [5, 5.41) is 0. The molecule has 0 unspecified atom stereocenters. The van der Waals surface area contributed by atoms with Gasteiger partial charge in [-0.1, -0.05) is 0 Å². The molecule has 3 rings (SSSR count). The van der Waals surface area contributed by atoms with Gasteiger partial charge in [0.15, 0.2) is 5.82 Å². The Morgan fingerprint density at radius 3 is 2.63 bits per heavy atom. The highest BCUT2D eigenvalue weighted by Gasteiger charge is 2.21. The van der Waals surface area contributed by atoms with Gasteiger partial charge in [0.1, 0.15) is 11.3 Å². The molecule has 3 heterocycles. The molecule has 1 aliphatic heterocycles. The second-order valence-electron chi connectivity index (χ2n) is 4.80. The van der Waals surface area contributed by atoms with E-state index in [1.54, 1.807) is 13.1 Å². The summed E-state index contributed by atoms with van der Waals surface area (Å²) in [4.78, 5) is 24.2. The molecule has 0 aliphatic carbocycles. The molecule has 0 bridgehead atoms. The smallest absolute Gasteiger partial charge is 0.219 e. The number of amides is 1. The van der Waals surface area contributed by atoms with Crippen molar-refractivity contribution in [2.45, 2.75) is 13.8 Å². The van der Waals surface area contributed by atoms with Crippen molar-refractivity contribution in [3.05, 3.63) is 24.4 Å². The van der Waals surface area contributed by atoms with E-state index < -0.39 is 0 Å². The van der Waals surface area contributed by atoms with Crippen molar-refractivity contribution in [1.82, 2.24) is 19.3 Å². The minimum Gasteiger partial charge on any atom is -0.351 e. The molecular formula is C13H17N5O. The summed E-state index contributed by atoms with van der Waals surface area (Å²) < 4.78 is 2.04. The van der Waals surface area contributed by atoms with Crippen molar-refractivity contribution in [3.8, 4) is 0 Å². The quantitative estimate of drug-likeness (QED) is 0.756. The molecule has 0 saturated carbocycles. The van der Waals surface area contributed by atoms with Crippen molar-refractivity contribution < 1.29 is 4.79 Å². The van der Waals surface area contributed by atoms with Crippen molar-refractivity contribution >= 4 is 17.2 Å². The van der Waals surface area contributed by atoms with Gasteiger partial charge in [-0.3, -0.25) is 9.20 Å². The average molecular weight is 259 g/mol. The lowest BCUT2D eigenvalue weighted by molar-refractivity contribution is -0.129. The maximum Gasteiger partial charge on any atom is 0.219 e. The van der Waals surface area contributed by atoms with Gasteiger partial charge in [0.25, 0.3) is 0 Å². The minimum atomic E-state index is 0.144. The van der Waals surface area contributed by atoms with E-state index in [1.807, 2.05) is 28.6 Å². The van der Waals surface area contributed by atoms with Crippen molar-refractivity contribution in [2.24, 2.45) is 0 Å². The van der Waals surface area contributed by atoms with Crippen LogP contribution in [0.4, 0.5) is 5.82 Å². The number of rotatable bonds is 1. The van der Waals surface area contributed by atoms with Gasteiger partial charge in [-0.15, -0.1) is 0 Å². The topological polar surface area (TPSA) is 53.7 Å². The molecule has 0 aromatic carbocycles. The third-order valence-corrected chi connectivity index (χ3v) is 3.65. The SMILES string of the molecule is CC(=O)N1CCN(c2nccn3c(C)ncc23)CC1. The van der Waals surface area contributed by atoms with Crippen molar-refractivity contribution in [3.63, 3.8) is 0 Å². The summed E-state index contributed by atoms with van der Waals surface area (Å²) in [5.41, 5.74) is 1.02. The summed E-state index contributed by atoms with van der Waals surface area (Å²) in [7, 11) is 0. The fourth-order valence-electron chi connectivity index (χ4n) is 2.52. The van der Waals surface area contributed by atoms with Gasteiger partial charge in [0, 0.05) is 45.5 Å². The first-order chi connectivity index (χ1) is 9.16. The number of fused-ring (bicyclic) bond motifs is 1. The molecule has 19 heavy (non-hydrogen) atoms. The van der Waals surface area contributed by atoms with Crippen LogP contribution in [0.2, 0.25) is 0 Å². The number of hydrogen-bond acceptors (Lipinski definition) is 4. The summed E-state index contributed by atoms with van der Waals surface area (Å²) in [6.45, 7) is 6.74. The lowest BCUT2D eigenvalue weighted by Gasteiger charge is -2.35. The molecule has 2 aromatic rings. The Morgan fingerprint density at radius 2 is 1.95 bits per heavy atom. The molecule has 6 heteroatoms. The molecule has 1 amide bonds. The number of carbonyl (C=O) groups is 1.